The minimum atomic E-state index is 0.109. The molecule has 0 unspecified atom stereocenters. The molecule has 4 rings (SSSR count). The molecule has 3 fully saturated rings. The lowest BCUT2D eigenvalue weighted by Gasteiger charge is -2.27. The van der Waals surface area contributed by atoms with Gasteiger partial charge in [0.1, 0.15) is 5.76 Å². The number of hydrogen-bond acceptors (Lipinski definition) is 6. The molecule has 7 heteroatoms. The number of aryl methyl sites for hydroxylation is 2. The van der Waals surface area contributed by atoms with Gasteiger partial charge in [-0.05, 0) is 32.6 Å². The molecule has 1 amide bonds. The van der Waals surface area contributed by atoms with Crippen LogP contribution in [0.4, 0.5) is 0 Å². The Kier molecular flexibility index (Phi) is 4.80. The first-order chi connectivity index (χ1) is 12.1. The third-order valence-corrected chi connectivity index (χ3v) is 5.80. The van der Waals surface area contributed by atoms with Gasteiger partial charge in [-0.2, -0.15) is 0 Å². The molecule has 138 valence electrons. The normalized spacial score (nSPS) is 30.0. The topological polar surface area (TPSA) is 68.0 Å². The minimum absolute atomic E-state index is 0.109. The van der Waals surface area contributed by atoms with Crippen molar-refractivity contribution in [1.29, 1.82) is 0 Å². The lowest BCUT2D eigenvalue weighted by Crippen LogP contribution is -2.37. The van der Waals surface area contributed by atoms with Crippen molar-refractivity contribution in [3.8, 4) is 0 Å². The van der Waals surface area contributed by atoms with Crippen LogP contribution in [0, 0.1) is 25.7 Å². The maximum atomic E-state index is 12.5. The highest BCUT2D eigenvalue weighted by Crippen LogP contribution is 2.36. The van der Waals surface area contributed by atoms with E-state index in [1.165, 1.54) is 5.56 Å². The second-order valence-electron chi connectivity index (χ2n) is 7.53. The van der Waals surface area contributed by atoms with Crippen molar-refractivity contribution in [2.75, 3.05) is 32.8 Å². The van der Waals surface area contributed by atoms with Crippen LogP contribution in [0.5, 0.6) is 0 Å². The highest BCUT2D eigenvalue weighted by atomic mass is 16.7. The fourth-order valence-corrected chi connectivity index (χ4v) is 4.29. The number of nitrogens with zero attached hydrogens (tertiary/aromatic N) is 3. The van der Waals surface area contributed by atoms with E-state index in [4.69, 9.17) is 14.1 Å². The predicted molar refractivity (Wildman–Crippen MR) is 89.5 cm³/mol. The van der Waals surface area contributed by atoms with Crippen LogP contribution in [-0.2, 0) is 20.9 Å². The summed E-state index contributed by atoms with van der Waals surface area (Å²) in [6.45, 7) is 8.74. The number of carbonyl (C=O) groups excluding carboxylic acids is 1. The van der Waals surface area contributed by atoms with Gasteiger partial charge in [-0.25, -0.2) is 5.06 Å². The zero-order chi connectivity index (χ0) is 17.4. The van der Waals surface area contributed by atoms with E-state index < -0.39 is 0 Å². The summed E-state index contributed by atoms with van der Waals surface area (Å²) < 4.78 is 11.3. The van der Waals surface area contributed by atoms with Crippen molar-refractivity contribution in [3.63, 3.8) is 0 Å². The van der Waals surface area contributed by atoms with Gasteiger partial charge in [-0.1, -0.05) is 5.16 Å². The number of carbonyl (C=O) groups is 1. The largest absolute Gasteiger partial charge is 0.376 e. The quantitative estimate of drug-likeness (QED) is 0.824. The third-order valence-electron chi connectivity index (χ3n) is 5.80. The maximum Gasteiger partial charge on any atom is 0.246 e. The summed E-state index contributed by atoms with van der Waals surface area (Å²) in [5.41, 5.74) is 2.14. The number of hydroxylamine groups is 2. The Hall–Kier alpha value is -1.44. The Morgan fingerprint density at radius 3 is 2.88 bits per heavy atom. The van der Waals surface area contributed by atoms with E-state index in [2.05, 4.69) is 10.1 Å². The van der Waals surface area contributed by atoms with Crippen LogP contribution in [0.2, 0.25) is 0 Å². The second kappa shape index (κ2) is 7.05. The van der Waals surface area contributed by atoms with Gasteiger partial charge in [0, 0.05) is 44.1 Å². The molecule has 0 aromatic carbocycles. The molecule has 25 heavy (non-hydrogen) atoms. The van der Waals surface area contributed by atoms with E-state index in [-0.39, 0.29) is 17.9 Å². The van der Waals surface area contributed by atoms with Gasteiger partial charge in [0.15, 0.2) is 0 Å². The van der Waals surface area contributed by atoms with E-state index in [0.717, 1.165) is 50.5 Å². The summed E-state index contributed by atoms with van der Waals surface area (Å²) in [5, 5.41) is 5.60. The number of amides is 1. The van der Waals surface area contributed by atoms with Crippen molar-refractivity contribution >= 4 is 5.91 Å². The van der Waals surface area contributed by atoms with Crippen molar-refractivity contribution in [2.45, 2.75) is 45.8 Å². The number of rotatable bonds is 4. The number of likely N-dealkylation sites (tertiary alicyclic amines) is 1. The Balaban J connectivity index is 1.34. The highest BCUT2D eigenvalue weighted by Gasteiger charge is 2.45. The van der Waals surface area contributed by atoms with E-state index in [0.29, 0.717) is 25.6 Å². The first-order valence-corrected chi connectivity index (χ1v) is 9.31. The minimum Gasteiger partial charge on any atom is -0.376 e. The molecule has 0 N–H and O–H groups in total. The van der Waals surface area contributed by atoms with E-state index in [1.54, 1.807) is 5.06 Å². The molecule has 0 bridgehead atoms. The molecule has 1 aromatic rings. The van der Waals surface area contributed by atoms with Gasteiger partial charge >= 0.3 is 0 Å². The first-order valence-electron chi connectivity index (χ1n) is 9.31. The van der Waals surface area contributed by atoms with E-state index >= 15 is 0 Å². The van der Waals surface area contributed by atoms with Gasteiger partial charge in [0.05, 0.1) is 25.0 Å². The second-order valence-corrected chi connectivity index (χ2v) is 7.53. The van der Waals surface area contributed by atoms with Crippen molar-refractivity contribution in [1.82, 2.24) is 15.1 Å². The molecular weight excluding hydrogens is 322 g/mol. The Morgan fingerprint density at radius 2 is 2.16 bits per heavy atom. The molecule has 4 heterocycles. The molecule has 3 aliphatic heterocycles. The molecule has 3 saturated heterocycles. The van der Waals surface area contributed by atoms with E-state index in [1.807, 2.05) is 13.8 Å². The van der Waals surface area contributed by atoms with Crippen LogP contribution in [-0.4, -0.2) is 60.0 Å². The standard InChI is InChI=1S/C18H27N3O4/c1-12-15(13(2)25-19-12)8-20-9-16-14(11-23-17(16)10-20)7-18(22)21-5-3-4-6-24-21/h14,16-17H,3-11H2,1-2H3/t14-,16-,17-/m1/s1. The third kappa shape index (κ3) is 3.45. The first kappa shape index (κ1) is 17.0. The van der Waals surface area contributed by atoms with Crippen LogP contribution < -0.4 is 0 Å². The van der Waals surface area contributed by atoms with Crippen LogP contribution in [0.25, 0.3) is 0 Å². The summed E-state index contributed by atoms with van der Waals surface area (Å²) >= 11 is 0. The molecule has 0 spiro atoms. The van der Waals surface area contributed by atoms with Crippen LogP contribution in [0.15, 0.2) is 4.52 Å². The van der Waals surface area contributed by atoms with Crippen molar-refractivity contribution < 1.29 is 18.9 Å². The number of hydrogen-bond donors (Lipinski definition) is 0. The monoisotopic (exact) mass is 349 g/mol. The summed E-state index contributed by atoms with van der Waals surface area (Å²) in [4.78, 5) is 20.4. The predicted octanol–water partition coefficient (Wildman–Crippen LogP) is 1.68. The van der Waals surface area contributed by atoms with Gasteiger partial charge in [0.2, 0.25) is 5.91 Å². The average Bonchev–Trinajstić information content (AvgIpc) is 3.28. The van der Waals surface area contributed by atoms with Gasteiger partial charge in [-0.15, -0.1) is 0 Å². The Morgan fingerprint density at radius 1 is 1.28 bits per heavy atom. The molecule has 3 aliphatic rings. The maximum absolute atomic E-state index is 12.5. The summed E-state index contributed by atoms with van der Waals surface area (Å²) in [5.74, 6) is 1.72. The molecule has 0 saturated carbocycles. The zero-order valence-electron chi connectivity index (χ0n) is 15.1. The number of ether oxygens (including phenoxy) is 1. The molecule has 7 nitrogen and oxygen atoms in total. The van der Waals surface area contributed by atoms with Gasteiger partial charge in [0.25, 0.3) is 0 Å². The van der Waals surface area contributed by atoms with Crippen LogP contribution in [0.3, 0.4) is 0 Å². The van der Waals surface area contributed by atoms with Crippen LogP contribution >= 0.6 is 0 Å². The van der Waals surface area contributed by atoms with Crippen molar-refractivity contribution in [3.05, 3.63) is 17.0 Å². The SMILES string of the molecule is Cc1noc(C)c1CN1C[C@@H]2[C@H](CC(=O)N3CCCCO3)CO[C@@H]2C1. The smallest absolute Gasteiger partial charge is 0.246 e. The molecule has 0 aliphatic carbocycles. The number of fused-ring (bicyclic) bond motifs is 1. The molecule has 1 aromatic heterocycles. The molecule has 3 atom stereocenters. The Bertz CT molecular complexity index is 606. The molecule has 0 radical (unpaired) electrons. The lowest BCUT2D eigenvalue weighted by atomic mass is 9.90. The Labute approximate surface area is 148 Å². The van der Waals surface area contributed by atoms with Gasteiger partial charge in [-0.3, -0.25) is 14.5 Å². The average molecular weight is 349 g/mol. The summed E-state index contributed by atoms with van der Waals surface area (Å²) in [7, 11) is 0. The highest BCUT2D eigenvalue weighted by molar-refractivity contribution is 5.75. The van der Waals surface area contributed by atoms with Crippen LogP contribution in [0.1, 0.15) is 36.3 Å². The fourth-order valence-electron chi connectivity index (χ4n) is 4.29. The number of aromatic nitrogens is 1. The lowest BCUT2D eigenvalue weighted by molar-refractivity contribution is -0.198. The zero-order valence-corrected chi connectivity index (χ0v) is 15.1. The molecular formula is C18H27N3O4. The van der Waals surface area contributed by atoms with Crippen molar-refractivity contribution in [2.24, 2.45) is 11.8 Å². The summed E-state index contributed by atoms with van der Waals surface area (Å²) in [6.07, 6.45) is 2.84. The van der Waals surface area contributed by atoms with Gasteiger partial charge < -0.3 is 9.26 Å². The fraction of sp³-hybridized carbons (Fsp3) is 0.778. The van der Waals surface area contributed by atoms with E-state index in [9.17, 15) is 4.79 Å². The summed E-state index contributed by atoms with van der Waals surface area (Å²) in [6, 6.07) is 0.